The summed E-state index contributed by atoms with van der Waals surface area (Å²) in [6.45, 7) is 6.92. The largest absolute Gasteiger partial charge is 0.328 e. The van der Waals surface area contributed by atoms with E-state index in [0.717, 1.165) is 32.0 Å². The van der Waals surface area contributed by atoms with E-state index in [1.807, 2.05) is 17.0 Å². The second-order valence-electron chi connectivity index (χ2n) is 5.89. The molecule has 0 spiro atoms. The third-order valence-corrected chi connectivity index (χ3v) is 4.10. The van der Waals surface area contributed by atoms with E-state index < -0.39 is 0 Å². The normalized spacial score (nSPS) is 23.7. The molecule has 2 rings (SSSR count). The quantitative estimate of drug-likeness (QED) is 0.856. The molecule has 2 atom stereocenters. The van der Waals surface area contributed by atoms with Crippen molar-refractivity contribution in [3.8, 4) is 0 Å². The maximum Gasteiger partial charge on any atom is 0.328 e. The van der Waals surface area contributed by atoms with Crippen molar-refractivity contribution in [1.82, 2.24) is 14.5 Å². The van der Waals surface area contributed by atoms with E-state index >= 15 is 0 Å². The first-order valence-electron chi connectivity index (χ1n) is 7.69. The lowest BCUT2D eigenvalue weighted by Crippen LogP contribution is -2.37. The number of hydrogen-bond donors (Lipinski definition) is 1. The minimum atomic E-state index is 0.126. The van der Waals surface area contributed by atoms with Crippen molar-refractivity contribution in [2.24, 2.45) is 5.92 Å². The molecule has 1 aliphatic carbocycles. The molecule has 1 fully saturated rings. The van der Waals surface area contributed by atoms with Crippen LogP contribution < -0.4 is 11.0 Å². The zero-order valence-electron chi connectivity index (χ0n) is 12.3. The van der Waals surface area contributed by atoms with Gasteiger partial charge in [0, 0.05) is 38.1 Å². The summed E-state index contributed by atoms with van der Waals surface area (Å²) in [5.41, 5.74) is 0.126. The van der Waals surface area contributed by atoms with Gasteiger partial charge < -0.3 is 5.32 Å². The van der Waals surface area contributed by atoms with Crippen LogP contribution in [0.2, 0.25) is 0 Å². The van der Waals surface area contributed by atoms with Crippen molar-refractivity contribution in [1.29, 1.82) is 0 Å². The molecular formula is C15H27N3O. The van der Waals surface area contributed by atoms with Crippen LogP contribution in [0.1, 0.15) is 46.0 Å². The third-order valence-electron chi connectivity index (χ3n) is 4.10. The molecule has 4 nitrogen and oxygen atoms in total. The van der Waals surface area contributed by atoms with Crippen LogP contribution in [0.25, 0.3) is 0 Å². The maximum absolute atomic E-state index is 12.0. The van der Waals surface area contributed by atoms with Crippen LogP contribution in [-0.2, 0) is 13.1 Å². The molecule has 0 aromatic carbocycles. The molecule has 1 saturated carbocycles. The minimum Gasteiger partial charge on any atom is -0.312 e. The second-order valence-corrected chi connectivity index (χ2v) is 5.89. The Bertz CT molecular complexity index is 435. The Morgan fingerprint density at radius 2 is 2.00 bits per heavy atom. The molecule has 0 radical (unpaired) electrons. The first-order valence-corrected chi connectivity index (χ1v) is 7.69. The highest BCUT2D eigenvalue weighted by Gasteiger charge is 2.17. The molecule has 1 N–H and O–H groups in total. The molecule has 1 aromatic heterocycles. The average Bonchev–Trinajstić information content (AvgIpc) is 2.72. The van der Waals surface area contributed by atoms with Gasteiger partial charge in [0.05, 0.1) is 0 Å². The molecule has 1 heterocycles. The molecule has 0 saturated heterocycles. The van der Waals surface area contributed by atoms with Crippen LogP contribution in [0.3, 0.4) is 0 Å². The highest BCUT2D eigenvalue weighted by atomic mass is 16.1. The van der Waals surface area contributed by atoms with Gasteiger partial charge in [-0.1, -0.05) is 26.7 Å². The summed E-state index contributed by atoms with van der Waals surface area (Å²) >= 11 is 0. The number of aromatic nitrogens is 2. The van der Waals surface area contributed by atoms with Gasteiger partial charge in [-0.05, 0) is 25.2 Å². The van der Waals surface area contributed by atoms with Gasteiger partial charge in [-0.3, -0.25) is 9.13 Å². The fourth-order valence-corrected chi connectivity index (χ4v) is 3.04. The van der Waals surface area contributed by atoms with Crippen LogP contribution in [0.15, 0.2) is 17.2 Å². The van der Waals surface area contributed by atoms with Crippen molar-refractivity contribution in [2.45, 2.75) is 65.1 Å². The van der Waals surface area contributed by atoms with Crippen molar-refractivity contribution >= 4 is 0 Å². The van der Waals surface area contributed by atoms with Crippen LogP contribution >= 0.6 is 0 Å². The van der Waals surface area contributed by atoms with Gasteiger partial charge in [-0.2, -0.15) is 0 Å². The SMILES string of the molecule is CCCn1ccn(CCNC2CCCC(C)C2)c1=O. The molecule has 1 aliphatic rings. The van der Waals surface area contributed by atoms with Crippen LogP contribution in [0, 0.1) is 5.92 Å². The lowest BCUT2D eigenvalue weighted by molar-refractivity contribution is 0.299. The van der Waals surface area contributed by atoms with E-state index in [1.54, 1.807) is 4.57 Å². The molecule has 108 valence electrons. The topological polar surface area (TPSA) is 39.0 Å². The molecule has 4 heteroatoms. The van der Waals surface area contributed by atoms with E-state index in [0.29, 0.717) is 6.04 Å². The van der Waals surface area contributed by atoms with Crippen LogP contribution in [-0.4, -0.2) is 21.7 Å². The van der Waals surface area contributed by atoms with Gasteiger partial charge in [0.1, 0.15) is 0 Å². The summed E-state index contributed by atoms with van der Waals surface area (Å²) in [4.78, 5) is 12.0. The van der Waals surface area contributed by atoms with E-state index in [-0.39, 0.29) is 5.69 Å². The van der Waals surface area contributed by atoms with Gasteiger partial charge in [0.2, 0.25) is 0 Å². The maximum atomic E-state index is 12.0. The van der Waals surface area contributed by atoms with Gasteiger partial charge in [-0.15, -0.1) is 0 Å². The van der Waals surface area contributed by atoms with Crippen molar-refractivity contribution in [3.63, 3.8) is 0 Å². The average molecular weight is 265 g/mol. The van der Waals surface area contributed by atoms with Crippen molar-refractivity contribution in [2.75, 3.05) is 6.54 Å². The Labute approximate surface area is 115 Å². The first kappa shape index (κ1) is 14.4. The van der Waals surface area contributed by atoms with E-state index in [4.69, 9.17) is 0 Å². The van der Waals surface area contributed by atoms with Crippen molar-refractivity contribution in [3.05, 3.63) is 22.9 Å². The molecule has 0 amide bonds. The smallest absolute Gasteiger partial charge is 0.312 e. The lowest BCUT2D eigenvalue weighted by atomic mass is 9.87. The number of imidazole rings is 1. The zero-order chi connectivity index (χ0) is 13.7. The van der Waals surface area contributed by atoms with Crippen LogP contribution in [0.4, 0.5) is 0 Å². The Morgan fingerprint density at radius 1 is 1.26 bits per heavy atom. The number of aryl methyl sites for hydroxylation is 1. The van der Waals surface area contributed by atoms with Gasteiger partial charge >= 0.3 is 5.69 Å². The number of nitrogens with zero attached hydrogens (tertiary/aromatic N) is 2. The van der Waals surface area contributed by atoms with E-state index in [9.17, 15) is 4.79 Å². The Kier molecular flexibility index (Phi) is 5.25. The predicted molar refractivity (Wildman–Crippen MR) is 78.4 cm³/mol. The summed E-state index contributed by atoms with van der Waals surface area (Å²) < 4.78 is 3.61. The Balaban J connectivity index is 1.77. The van der Waals surface area contributed by atoms with Gasteiger partial charge in [0.15, 0.2) is 0 Å². The second kappa shape index (κ2) is 6.94. The van der Waals surface area contributed by atoms with Gasteiger partial charge in [0.25, 0.3) is 0 Å². The molecule has 0 aliphatic heterocycles. The minimum absolute atomic E-state index is 0.126. The van der Waals surface area contributed by atoms with Gasteiger partial charge in [-0.25, -0.2) is 4.79 Å². The fourth-order valence-electron chi connectivity index (χ4n) is 3.04. The van der Waals surface area contributed by atoms with Crippen molar-refractivity contribution < 1.29 is 0 Å². The highest BCUT2D eigenvalue weighted by molar-refractivity contribution is 4.82. The fraction of sp³-hybridized carbons (Fsp3) is 0.800. The Morgan fingerprint density at radius 3 is 2.68 bits per heavy atom. The van der Waals surface area contributed by atoms with E-state index in [1.165, 1.54) is 25.7 Å². The molecule has 0 bridgehead atoms. The summed E-state index contributed by atoms with van der Waals surface area (Å²) in [5.74, 6) is 0.847. The predicted octanol–water partition coefficient (Wildman–Crippen LogP) is 2.23. The molecular weight excluding hydrogens is 238 g/mol. The molecule has 1 aromatic rings. The number of rotatable bonds is 6. The first-order chi connectivity index (χ1) is 9.20. The summed E-state index contributed by atoms with van der Waals surface area (Å²) in [7, 11) is 0. The zero-order valence-corrected chi connectivity index (χ0v) is 12.3. The standard InChI is InChI=1S/C15H27N3O/c1-3-8-17-10-11-18(15(17)19)9-7-16-14-6-4-5-13(2)12-14/h10-11,13-14,16H,3-9,12H2,1-2H3. The summed E-state index contributed by atoms with van der Waals surface area (Å²) in [6, 6.07) is 0.650. The summed E-state index contributed by atoms with van der Waals surface area (Å²) in [5, 5.41) is 3.60. The molecule has 2 unspecified atom stereocenters. The third kappa shape index (κ3) is 3.96. The monoisotopic (exact) mass is 265 g/mol. The Hall–Kier alpha value is -1.03. The lowest BCUT2D eigenvalue weighted by Gasteiger charge is -2.27. The number of hydrogen-bond acceptors (Lipinski definition) is 2. The number of nitrogens with one attached hydrogen (secondary N) is 1. The molecule has 19 heavy (non-hydrogen) atoms. The highest BCUT2D eigenvalue weighted by Crippen LogP contribution is 2.23. The van der Waals surface area contributed by atoms with E-state index in [2.05, 4.69) is 19.2 Å². The summed E-state index contributed by atoms with van der Waals surface area (Å²) in [6.07, 6.45) is 10.1. The van der Waals surface area contributed by atoms with Crippen LogP contribution in [0.5, 0.6) is 0 Å².